The highest BCUT2D eigenvalue weighted by Gasteiger charge is 2.13. The number of hydrogen-bond acceptors (Lipinski definition) is 3. The fourth-order valence-corrected chi connectivity index (χ4v) is 3.76. The van der Waals surface area contributed by atoms with Crippen LogP contribution in [0.2, 0.25) is 5.02 Å². The second kappa shape index (κ2) is 6.80. The molecule has 16 heavy (non-hydrogen) atoms. The van der Waals surface area contributed by atoms with Crippen molar-refractivity contribution >= 4 is 35.1 Å². The average molecular weight is 274 g/mol. The molecule has 0 spiro atoms. The van der Waals surface area contributed by atoms with Crippen LogP contribution in [-0.4, -0.2) is 29.8 Å². The zero-order chi connectivity index (χ0) is 11.2. The van der Waals surface area contributed by atoms with Gasteiger partial charge < -0.3 is 5.32 Å². The van der Waals surface area contributed by atoms with E-state index in [2.05, 4.69) is 29.2 Å². The van der Waals surface area contributed by atoms with Crippen molar-refractivity contribution in [1.29, 1.82) is 0 Å². The van der Waals surface area contributed by atoms with Gasteiger partial charge in [0, 0.05) is 34.0 Å². The smallest absolute Gasteiger partial charge is 0.0406 e. The fourth-order valence-electron chi connectivity index (χ4n) is 1.66. The predicted octanol–water partition coefficient (Wildman–Crippen LogP) is 3.53. The summed E-state index contributed by atoms with van der Waals surface area (Å²) in [6.07, 6.45) is 1.33. The van der Waals surface area contributed by atoms with Crippen molar-refractivity contribution in [1.82, 2.24) is 5.32 Å². The molecule has 2 rings (SSSR count). The second-order valence-corrected chi connectivity index (χ2v) is 6.57. The lowest BCUT2D eigenvalue weighted by molar-refractivity contribution is 0.581. The quantitative estimate of drug-likeness (QED) is 0.651. The summed E-state index contributed by atoms with van der Waals surface area (Å²) < 4.78 is 0. The van der Waals surface area contributed by atoms with Crippen molar-refractivity contribution in [3.63, 3.8) is 0 Å². The number of nitrogens with one attached hydrogen (secondary N) is 1. The number of benzene rings is 1. The maximum absolute atomic E-state index is 5.84. The predicted molar refractivity (Wildman–Crippen MR) is 75.9 cm³/mol. The zero-order valence-electron chi connectivity index (χ0n) is 9.12. The van der Waals surface area contributed by atoms with Crippen LogP contribution < -0.4 is 5.32 Å². The molecule has 0 aromatic heterocycles. The van der Waals surface area contributed by atoms with E-state index in [0.717, 1.165) is 23.4 Å². The molecule has 1 atom stereocenters. The molecule has 1 aromatic carbocycles. The number of thioether (sulfide) groups is 2. The van der Waals surface area contributed by atoms with Gasteiger partial charge in [-0.25, -0.2) is 0 Å². The molecule has 1 aliphatic heterocycles. The Morgan fingerprint density at radius 1 is 1.38 bits per heavy atom. The van der Waals surface area contributed by atoms with Crippen molar-refractivity contribution in [2.75, 3.05) is 23.8 Å². The Morgan fingerprint density at radius 3 is 2.88 bits per heavy atom. The summed E-state index contributed by atoms with van der Waals surface area (Å²) in [5, 5.41) is 4.41. The lowest BCUT2D eigenvalue weighted by atomic mass is 10.3. The molecule has 0 amide bonds. The maximum atomic E-state index is 5.84. The Bertz CT molecular complexity index is 309. The SMILES string of the molecule is Clc1ccc(SCCNC2CCSC2)cc1. The second-order valence-electron chi connectivity index (χ2n) is 3.82. The summed E-state index contributed by atoms with van der Waals surface area (Å²) in [7, 11) is 0. The minimum Gasteiger partial charge on any atom is -0.312 e. The summed E-state index contributed by atoms with van der Waals surface area (Å²) in [6.45, 7) is 1.10. The van der Waals surface area contributed by atoms with Gasteiger partial charge >= 0.3 is 0 Å². The van der Waals surface area contributed by atoms with Gasteiger partial charge in [0.25, 0.3) is 0 Å². The summed E-state index contributed by atoms with van der Waals surface area (Å²) >= 11 is 9.77. The summed E-state index contributed by atoms with van der Waals surface area (Å²) in [5.41, 5.74) is 0. The largest absolute Gasteiger partial charge is 0.312 e. The molecule has 4 heteroatoms. The van der Waals surface area contributed by atoms with Gasteiger partial charge in [-0.2, -0.15) is 11.8 Å². The number of hydrogen-bond donors (Lipinski definition) is 1. The van der Waals surface area contributed by atoms with Crippen LogP contribution >= 0.6 is 35.1 Å². The van der Waals surface area contributed by atoms with Gasteiger partial charge in [0.2, 0.25) is 0 Å². The molecule has 1 nitrogen and oxygen atoms in total. The van der Waals surface area contributed by atoms with Crippen LogP contribution in [0.4, 0.5) is 0 Å². The highest BCUT2D eigenvalue weighted by Crippen LogP contribution is 2.20. The molecular weight excluding hydrogens is 258 g/mol. The lowest BCUT2D eigenvalue weighted by Crippen LogP contribution is -2.30. The molecule has 88 valence electrons. The number of rotatable bonds is 5. The molecule has 0 radical (unpaired) electrons. The summed E-state index contributed by atoms with van der Waals surface area (Å²) in [4.78, 5) is 1.30. The minimum absolute atomic E-state index is 0.746. The van der Waals surface area contributed by atoms with E-state index in [4.69, 9.17) is 11.6 Å². The molecule has 1 heterocycles. The van der Waals surface area contributed by atoms with E-state index >= 15 is 0 Å². The van der Waals surface area contributed by atoms with Crippen LogP contribution in [0.25, 0.3) is 0 Å². The third-order valence-electron chi connectivity index (χ3n) is 2.55. The Morgan fingerprint density at radius 2 is 2.19 bits per heavy atom. The van der Waals surface area contributed by atoms with E-state index in [1.165, 1.54) is 22.8 Å². The fraction of sp³-hybridized carbons (Fsp3) is 0.500. The van der Waals surface area contributed by atoms with E-state index in [1.807, 2.05) is 23.9 Å². The van der Waals surface area contributed by atoms with Crippen molar-refractivity contribution in [2.24, 2.45) is 0 Å². The third-order valence-corrected chi connectivity index (χ3v) is 4.98. The molecule has 1 unspecified atom stereocenters. The molecule has 1 aromatic rings. The maximum Gasteiger partial charge on any atom is 0.0406 e. The van der Waals surface area contributed by atoms with E-state index in [1.54, 1.807) is 0 Å². The van der Waals surface area contributed by atoms with Gasteiger partial charge in [-0.3, -0.25) is 0 Å². The topological polar surface area (TPSA) is 12.0 Å². The first-order valence-corrected chi connectivity index (χ1v) is 8.06. The first-order valence-electron chi connectivity index (χ1n) is 5.54. The van der Waals surface area contributed by atoms with Crippen LogP contribution in [-0.2, 0) is 0 Å². The molecule has 1 aliphatic rings. The van der Waals surface area contributed by atoms with Gasteiger partial charge in [0.1, 0.15) is 0 Å². The Balaban J connectivity index is 1.62. The Kier molecular flexibility index (Phi) is 5.36. The minimum atomic E-state index is 0.746. The first kappa shape index (κ1) is 12.6. The molecule has 1 fully saturated rings. The third kappa shape index (κ3) is 4.21. The van der Waals surface area contributed by atoms with Gasteiger partial charge in [0.05, 0.1) is 0 Å². The first-order chi connectivity index (χ1) is 7.84. The molecular formula is C12H16ClNS2. The van der Waals surface area contributed by atoms with Crippen molar-refractivity contribution in [2.45, 2.75) is 17.4 Å². The Hall–Kier alpha value is 0.170. The van der Waals surface area contributed by atoms with Gasteiger partial charge in [0.15, 0.2) is 0 Å². The van der Waals surface area contributed by atoms with E-state index in [-0.39, 0.29) is 0 Å². The van der Waals surface area contributed by atoms with E-state index in [9.17, 15) is 0 Å². The molecule has 0 saturated carbocycles. The van der Waals surface area contributed by atoms with Crippen LogP contribution in [0, 0.1) is 0 Å². The van der Waals surface area contributed by atoms with E-state index < -0.39 is 0 Å². The summed E-state index contributed by atoms with van der Waals surface area (Å²) in [5.74, 6) is 3.73. The molecule has 1 saturated heterocycles. The number of halogens is 1. The molecule has 1 N–H and O–H groups in total. The zero-order valence-corrected chi connectivity index (χ0v) is 11.5. The van der Waals surface area contributed by atoms with Crippen molar-refractivity contribution < 1.29 is 0 Å². The van der Waals surface area contributed by atoms with Gasteiger partial charge in [-0.1, -0.05) is 11.6 Å². The van der Waals surface area contributed by atoms with Crippen LogP contribution in [0.1, 0.15) is 6.42 Å². The summed E-state index contributed by atoms with van der Waals surface area (Å²) in [6, 6.07) is 8.81. The lowest BCUT2D eigenvalue weighted by Gasteiger charge is -2.10. The van der Waals surface area contributed by atoms with Crippen molar-refractivity contribution in [3.8, 4) is 0 Å². The van der Waals surface area contributed by atoms with Crippen molar-refractivity contribution in [3.05, 3.63) is 29.3 Å². The normalized spacial score (nSPS) is 20.2. The molecule has 0 aliphatic carbocycles. The Labute approximate surface area is 111 Å². The average Bonchev–Trinajstić information content (AvgIpc) is 2.80. The van der Waals surface area contributed by atoms with Gasteiger partial charge in [-0.15, -0.1) is 11.8 Å². The highest BCUT2D eigenvalue weighted by molar-refractivity contribution is 7.99. The van der Waals surface area contributed by atoms with Gasteiger partial charge in [-0.05, 0) is 36.4 Å². The monoisotopic (exact) mass is 273 g/mol. The standard InChI is InChI=1S/C12H16ClNS2/c13-10-1-3-12(4-2-10)16-8-6-14-11-5-7-15-9-11/h1-4,11,14H,5-9H2. The molecule has 0 bridgehead atoms. The van der Waals surface area contributed by atoms with Crippen LogP contribution in [0.3, 0.4) is 0 Å². The van der Waals surface area contributed by atoms with E-state index in [0.29, 0.717) is 0 Å². The van der Waals surface area contributed by atoms with Crippen LogP contribution in [0.5, 0.6) is 0 Å². The highest BCUT2D eigenvalue weighted by atomic mass is 35.5. The van der Waals surface area contributed by atoms with Crippen LogP contribution in [0.15, 0.2) is 29.2 Å².